The molecule has 0 atom stereocenters. The highest BCUT2D eigenvalue weighted by molar-refractivity contribution is 7.09. The SMILES string of the molecule is Cc1csc(CCCNC(=O)Cc2nccn2C)n1. The van der Waals surface area contributed by atoms with Crippen molar-refractivity contribution in [1.29, 1.82) is 0 Å². The summed E-state index contributed by atoms with van der Waals surface area (Å²) in [5, 5.41) is 6.10. The molecule has 0 fully saturated rings. The number of hydrogen-bond donors (Lipinski definition) is 1. The van der Waals surface area contributed by atoms with Crippen molar-refractivity contribution in [3.05, 3.63) is 34.3 Å². The van der Waals surface area contributed by atoms with Crippen molar-refractivity contribution in [3.8, 4) is 0 Å². The van der Waals surface area contributed by atoms with Crippen LogP contribution in [0, 0.1) is 6.92 Å². The molecule has 0 saturated heterocycles. The van der Waals surface area contributed by atoms with Gasteiger partial charge in [-0.3, -0.25) is 4.79 Å². The van der Waals surface area contributed by atoms with Crippen LogP contribution in [-0.2, 0) is 24.7 Å². The van der Waals surface area contributed by atoms with E-state index in [-0.39, 0.29) is 5.91 Å². The number of thiazole rings is 1. The molecule has 1 N–H and O–H groups in total. The summed E-state index contributed by atoms with van der Waals surface area (Å²) in [6, 6.07) is 0. The second kappa shape index (κ2) is 6.47. The molecular formula is C13H18N4OS. The van der Waals surface area contributed by atoms with Gasteiger partial charge in [0.2, 0.25) is 5.91 Å². The Bertz CT molecular complexity index is 546. The number of amides is 1. The number of nitrogens with one attached hydrogen (secondary N) is 1. The fourth-order valence-corrected chi connectivity index (χ4v) is 2.58. The normalized spacial score (nSPS) is 10.6. The van der Waals surface area contributed by atoms with Gasteiger partial charge in [0.1, 0.15) is 5.82 Å². The molecule has 0 spiro atoms. The van der Waals surface area contributed by atoms with Gasteiger partial charge in [0, 0.05) is 43.5 Å². The first-order valence-corrected chi connectivity index (χ1v) is 7.17. The van der Waals surface area contributed by atoms with Crippen LogP contribution in [-0.4, -0.2) is 27.0 Å². The van der Waals surface area contributed by atoms with Gasteiger partial charge in [0.05, 0.1) is 11.4 Å². The zero-order valence-corrected chi connectivity index (χ0v) is 12.0. The van der Waals surface area contributed by atoms with Crippen LogP contribution in [0.4, 0.5) is 0 Å². The molecule has 102 valence electrons. The van der Waals surface area contributed by atoms with Gasteiger partial charge in [-0.15, -0.1) is 11.3 Å². The standard InChI is InChI=1S/C13H18N4OS/c1-10-9-19-13(16-10)4-3-5-15-12(18)8-11-14-6-7-17(11)2/h6-7,9H,3-5,8H2,1-2H3,(H,15,18). The summed E-state index contributed by atoms with van der Waals surface area (Å²) in [5.41, 5.74) is 1.07. The van der Waals surface area contributed by atoms with E-state index in [1.807, 2.05) is 24.7 Å². The van der Waals surface area contributed by atoms with Gasteiger partial charge in [0.25, 0.3) is 0 Å². The number of imidazole rings is 1. The van der Waals surface area contributed by atoms with Gasteiger partial charge >= 0.3 is 0 Å². The molecule has 0 aliphatic heterocycles. The maximum atomic E-state index is 11.7. The summed E-state index contributed by atoms with van der Waals surface area (Å²) in [6.45, 7) is 2.68. The lowest BCUT2D eigenvalue weighted by Crippen LogP contribution is -2.27. The third-order valence-corrected chi connectivity index (χ3v) is 3.82. The molecule has 2 aromatic rings. The Kier molecular flexibility index (Phi) is 4.68. The van der Waals surface area contributed by atoms with Crippen LogP contribution in [0.2, 0.25) is 0 Å². The summed E-state index contributed by atoms with van der Waals surface area (Å²) in [6.07, 6.45) is 5.71. The van der Waals surface area contributed by atoms with E-state index in [1.165, 1.54) is 0 Å². The summed E-state index contributed by atoms with van der Waals surface area (Å²) in [5.74, 6) is 0.803. The smallest absolute Gasteiger partial charge is 0.227 e. The van der Waals surface area contributed by atoms with E-state index in [4.69, 9.17) is 0 Å². The van der Waals surface area contributed by atoms with Crippen molar-refractivity contribution < 1.29 is 4.79 Å². The van der Waals surface area contributed by atoms with Crippen LogP contribution >= 0.6 is 11.3 Å². The fraction of sp³-hybridized carbons (Fsp3) is 0.462. The molecule has 19 heavy (non-hydrogen) atoms. The molecule has 0 saturated carbocycles. The topological polar surface area (TPSA) is 59.8 Å². The summed E-state index contributed by atoms with van der Waals surface area (Å²) in [4.78, 5) is 20.2. The van der Waals surface area contributed by atoms with Crippen molar-refractivity contribution in [2.45, 2.75) is 26.2 Å². The van der Waals surface area contributed by atoms with E-state index in [1.54, 1.807) is 17.5 Å². The number of aryl methyl sites for hydroxylation is 3. The average molecular weight is 278 g/mol. The largest absolute Gasteiger partial charge is 0.356 e. The van der Waals surface area contributed by atoms with Gasteiger partial charge in [-0.1, -0.05) is 0 Å². The second-order valence-electron chi connectivity index (χ2n) is 4.47. The first kappa shape index (κ1) is 13.7. The molecule has 5 nitrogen and oxygen atoms in total. The van der Waals surface area contributed by atoms with Crippen LogP contribution in [0.1, 0.15) is 22.9 Å². The third kappa shape index (κ3) is 4.17. The number of carbonyl (C=O) groups excluding carboxylic acids is 1. The Labute approximate surface area is 116 Å². The Hall–Kier alpha value is -1.69. The van der Waals surface area contributed by atoms with E-state index in [9.17, 15) is 4.79 Å². The van der Waals surface area contributed by atoms with Gasteiger partial charge in [-0.25, -0.2) is 9.97 Å². The highest BCUT2D eigenvalue weighted by atomic mass is 32.1. The predicted molar refractivity (Wildman–Crippen MR) is 75.1 cm³/mol. The van der Waals surface area contributed by atoms with Gasteiger partial charge in [0.15, 0.2) is 0 Å². The van der Waals surface area contributed by atoms with Crippen LogP contribution < -0.4 is 5.32 Å². The lowest BCUT2D eigenvalue weighted by molar-refractivity contribution is -0.120. The van der Waals surface area contributed by atoms with Crippen molar-refractivity contribution in [2.75, 3.05) is 6.54 Å². The van der Waals surface area contributed by atoms with E-state index >= 15 is 0 Å². The Morgan fingerprint density at radius 1 is 1.53 bits per heavy atom. The molecule has 2 aromatic heterocycles. The lowest BCUT2D eigenvalue weighted by Gasteiger charge is -2.04. The number of rotatable bonds is 6. The minimum atomic E-state index is 0.0182. The van der Waals surface area contributed by atoms with Crippen molar-refractivity contribution in [1.82, 2.24) is 19.9 Å². The lowest BCUT2D eigenvalue weighted by atomic mass is 10.3. The first-order valence-electron chi connectivity index (χ1n) is 6.29. The quantitative estimate of drug-likeness (QED) is 0.814. The van der Waals surface area contributed by atoms with E-state index in [0.29, 0.717) is 13.0 Å². The average Bonchev–Trinajstić information content (AvgIpc) is 2.95. The first-order chi connectivity index (χ1) is 9.15. The zero-order valence-electron chi connectivity index (χ0n) is 11.2. The van der Waals surface area contributed by atoms with Crippen LogP contribution in [0.3, 0.4) is 0 Å². The fourth-order valence-electron chi connectivity index (χ4n) is 1.76. The van der Waals surface area contributed by atoms with Crippen molar-refractivity contribution in [3.63, 3.8) is 0 Å². The summed E-state index contributed by atoms with van der Waals surface area (Å²) in [7, 11) is 1.89. The van der Waals surface area contributed by atoms with Crippen molar-refractivity contribution >= 4 is 17.2 Å². The van der Waals surface area contributed by atoms with E-state index < -0.39 is 0 Å². The molecule has 1 amide bonds. The molecule has 0 aromatic carbocycles. The Morgan fingerprint density at radius 3 is 3.00 bits per heavy atom. The highest BCUT2D eigenvalue weighted by Gasteiger charge is 2.06. The van der Waals surface area contributed by atoms with Crippen LogP contribution in [0.5, 0.6) is 0 Å². The minimum Gasteiger partial charge on any atom is -0.356 e. The molecule has 0 radical (unpaired) electrons. The summed E-state index contributed by atoms with van der Waals surface area (Å²) < 4.78 is 1.86. The zero-order chi connectivity index (χ0) is 13.7. The minimum absolute atomic E-state index is 0.0182. The Balaban J connectivity index is 1.66. The predicted octanol–water partition coefficient (Wildman–Crippen LogP) is 1.48. The third-order valence-electron chi connectivity index (χ3n) is 2.80. The molecular weight excluding hydrogens is 260 g/mol. The van der Waals surface area contributed by atoms with Gasteiger partial charge < -0.3 is 9.88 Å². The molecule has 0 aliphatic carbocycles. The molecule has 2 heterocycles. The van der Waals surface area contributed by atoms with Gasteiger partial charge in [-0.05, 0) is 13.3 Å². The number of nitrogens with zero attached hydrogens (tertiary/aromatic N) is 3. The Morgan fingerprint density at radius 2 is 2.37 bits per heavy atom. The number of hydrogen-bond acceptors (Lipinski definition) is 4. The molecule has 6 heteroatoms. The van der Waals surface area contributed by atoms with Crippen LogP contribution in [0.25, 0.3) is 0 Å². The van der Waals surface area contributed by atoms with Crippen molar-refractivity contribution in [2.24, 2.45) is 7.05 Å². The van der Waals surface area contributed by atoms with Gasteiger partial charge in [-0.2, -0.15) is 0 Å². The second-order valence-corrected chi connectivity index (χ2v) is 5.41. The van der Waals surface area contributed by atoms with E-state index in [2.05, 4.69) is 20.7 Å². The maximum Gasteiger partial charge on any atom is 0.227 e. The highest BCUT2D eigenvalue weighted by Crippen LogP contribution is 2.10. The number of aromatic nitrogens is 3. The molecule has 0 unspecified atom stereocenters. The number of carbonyl (C=O) groups is 1. The van der Waals surface area contributed by atoms with E-state index in [0.717, 1.165) is 29.4 Å². The molecule has 0 aliphatic rings. The van der Waals surface area contributed by atoms with Crippen LogP contribution in [0.15, 0.2) is 17.8 Å². The summed E-state index contributed by atoms with van der Waals surface area (Å²) >= 11 is 1.68. The maximum absolute atomic E-state index is 11.7. The molecule has 0 bridgehead atoms. The monoisotopic (exact) mass is 278 g/mol. The molecule has 2 rings (SSSR count).